The fraction of sp³-hybridized carbons (Fsp3) is 0.647. The molecule has 0 saturated heterocycles. The van der Waals surface area contributed by atoms with Crippen molar-refractivity contribution in [2.75, 3.05) is 19.8 Å². The topological polar surface area (TPSA) is 66.3 Å². The Labute approximate surface area is 138 Å². The minimum absolute atomic E-state index is 0.123. The summed E-state index contributed by atoms with van der Waals surface area (Å²) < 4.78 is 5.80. The van der Waals surface area contributed by atoms with Crippen molar-refractivity contribution in [3.05, 3.63) is 28.3 Å². The molecule has 1 rings (SSSR count). The molecule has 0 unspecified atom stereocenters. The summed E-state index contributed by atoms with van der Waals surface area (Å²) in [5.74, 6) is 1.08. The molecule has 4 N–H and O–H groups in total. The van der Waals surface area contributed by atoms with Crippen molar-refractivity contribution in [2.24, 2.45) is 0 Å². The summed E-state index contributed by atoms with van der Waals surface area (Å²) in [6.45, 7) is 9.01. The van der Waals surface area contributed by atoms with Gasteiger partial charge >= 0.3 is 0 Å². The number of aliphatic hydroxyl groups excluding tert-OH is 2. The first kappa shape index (κ1) is 19.2. The monoisotopic (exact) mass is 330 g/mol. The minimum Gasteiger partial charge on any atom is -0.490 e. The van der Waals surface area contributed by atoms with Gasteiger partial charge in [0.05, 0.1) is 6.61 Å². The van der Waals surface area contributed by atoms with Crippen molar-refractivity contribution in [3.63, 3.8) is 0 Å². The van der Waals surface area contributed by atoms with Gasteiger partial charge in [0.2, 0.25) is 0 Å². The third-order valence-corrected chi connectivity index (χ3v) is 4.25. The van der Waals surface area contributed by atoms with Gasteiger partial charge in [-0.1, -0.05) is 32.4 Å². The summed E-state index contributed by atoms with van der Waals surface area (Å²) in [7, 11) is 0. The number of hydrogen-bond acceptors (Lipinski definition) is 3. The molecule has 0 radical (unpaired) electrons. The zero-order chi connectivity index (χ0) is 16.7. The van der Waals surface area contributed by atoms with Gasteiger partial charge in [-0.3, -0.25) is 0 Å². The lowest BCUT2D eigenvalue weighted by atomic mass is 10.0. The molecule has 0 aliphatic rings. The van der Waals surface area contributed by atoms with Crippen molar-refractivity contribution >= 4 is 11.6 Å². The Bertz CT molecular complexity index is 461. The van der Waals surface area contributed by atoms with Crippen LogP contribution in [0.2, 0.25) is 5.02 Å². The Morgan fingerprint density at radius 3 is 2.55 bits per heavy atom. The normalized spacial score (nSPS) is 14.2. The molecule has 126 valence electrons. The summed E-state index contributed by atoms with van der Waals surface area (Å²) in [6, 6.07) is 4.00. The molecule has 0 amide bonds. The number of nitrogens with two attached hydrogens (primary N) is 1. The molecular formula is C17H29ClNO3+. The van der Waals surface area contributed by atoms with Gasteiger partial charge in [-0.05, 0) is 42.5 Å². The largest absolute Gasteiger partial charge is 0.490 e. The van der Waals surface area contributed by atoms with Crippen molar-refractivity contribution < 1.29 is 20.3 Å². The second-order valence-electron chi connectivity index (χ2n) is 6.08. The van der Waals surface area contributed by atoms with Crippen LogP contribution in [0.1, 0.15) is 44.2 Å². The average molecular weight is 331 g/mol. The van der Waals surface area contributed by atoms with Gasteiger partial charge in [0.1, 0.15) is 31.0 Å². The molecule has 22 heavy (non-hydrogen) atoms. The lowest BCUT2D eigenvalue weighted by molar-refractivity contribution is -0.696. The Kier molecular flexibility index (Phi) is 8.18. The predicted molar refractivity (Wildman–Crippen MR) is 89.7 cm³/mol. The highest BCUT2D eigenvalue weighted by Gasteiger charge is 2.15. The van der Waals surface area contributed by atoms with E-state index in [-0.39, 0.29) is 19.3 Å². The highest BCUT2D eigenvalue weighted by atomic mass is 35.5. The first-order valence-electron chi connectivity index (χ1n) is 7.94. The predicted octanol–water partition coefficient (Wildman–Crippen LogP) is 1.85. The molecule has 0 aromatic heterocycles. The number of benzene rings is 1. The van der Waals surface area contributed by atoms with E-state index in [1.165, 1.54) is 0 Å². The molecule has 0 aliphatic carbocycles. The molecule has 0 aliphatic heterocycles. The summed E-state index contributed by atoms with van der Waals surface area (Å²) in [5.41, 5.74) is 2.02. The molecule has 0 bridgehead atoms. The third kappa shape index (κ3) is 5.76. The van der Waals surface area contributed by atoms with Crippen LogP contribution < -0.4 is 10.1 Å². The van der Waals surface area contributed by atoms with Crippen LogP contribution >= 0.6 is 11.6 Å². The lowest BCUT2D eigenvalue weighted by Crippen LogP contribution is -2.92. The van der Waals surface area contributed by atoms with Crippen LogP contribution in [-0.4, -0.2) is 42.1 Å². The van der Waals surface area contributed by atoms with E-state index in [4.69, 9.17) is 21.4 Å². The number of rotatable bonds is 9. The average Bonchev–Trinajstić information content (AvgIpc) is 2.48. The number of halogens is 1. The van der Waals surface area contributed by atoms with Crippen LogP contribution in [0.25, 0.3) is 0 Å². The molecule has 0 fully saturated rings. The summed E-state index contributed by atoms with van der Waals surface area (Å²) in [6.07, 6.45) is 0.300. The molecule has 5 heteroatoms. The Morgan fingerprint density at radius 1 is 1.32 bits per heavy atom. The highest BCUT2D eigenvalue weighted by Crippen LogP contribution is 2.32. The molecule has 1 aromatic rings. The molecule has 2 atom stereocenters. The SMILES string of the molecule is CC[C@H](CO)[NH2+]C[C@H](O)COc1cc(C)c(Cl)cc1C(C)C. The molecule has 4 nitrogen and oxygen atoms in total. The van der Waals surface area contributed by atoms with Gasteiger partial charge in [0.25, 0.3) is 0 Å². The highest BCUT2D eigenvalue weighted by molar-refractivity contribution is 6.31. The van der Waals surface area contributed by atoms with Crippen LogP contribution in [-0.2, 0) is 0 Å². The van der Waals surface area contributed by atoms with Gasteiger partial charge in [-0.15, -0.1) is 0 Å². The Morgan fingerprint density at radius 2 is 2.00 bits per heavy atom. The number of hydrogen-bond donors (Lipinski definition) is 3. The molecule has 0 saturated carbocycles. The zero-order valence-electron chi connectivity index (χ0n) is 14.0. The van der Waals surface area contributed by atoms with Crippen LogP contribution in [0, 0.1) is 6.92 Å². The number of ether oxygens (including phenoxy) is 1. The van der Waals surface area contributed by atoms with E-state index in [0.717, 1.165) is 28.3 Å². The van der Waals surface area contributed by atoms with Crippen LogP contribution in [0.15, 0.2) is 12.1 Å². The van der Waals surface area contributed by atoms with Crippen LogP contribution in [0.5, 0.6) is 5.75 Å². The number of aliphatic hydroxyl groups is 2. The van der Waals surface area contributed by atoms with E-state index < -0.39 is 6.10 Å². The number of aryl methyl sites for hydroxylation is 1. The standard InChI is InChI=1S/C17H28ClNO3/c1-5-13(9-20)19-8-14(21)10-22-17-6-12(4)16(18)7-15(17)11(2)3/h6-7,11,13-14,19-21H,5,8-10H2,1-4H3/p+1/t13-,14+/m1/s1. The van der Waals surface area contributed by atoms with Gasteiger partial charge in [-0.25, -0.2) is 0 Å². The summed E-state index contributed by atoms with van der Waals surface area (Å²) in [5, 5.41) is 21.9. The van der Waals surface area contributed by atoms with Crippen molar-refractivity contribution in [1.29, 1.82) is 0 Å². The third-order valence-electron chi connectivity index (χ3n) is 3.84. The molecular weight excluding hydrogens is 302 g/mol. The first-order valence-corrected chi connectivity index (χ1v) is 8.31. The maximum Gasteiger partial charge on any atom is 0.137 e. The van der Waals surface area contributed by atoms with E-state index in [1.807, 2.05) is 31.3 Å². The van der Waals surface area contributed by atoms with Gasteiger partial charge in [-0.2, -0.15) is 0 Å². The second kappa shape index (κ2) is 9.36. The van der Waals surface area contributed by atoms with E-state index >= 15 is 0 Å². The molecule has 1 aromatic carbocycles. The van der Waals surface area contributed by atoms with Gasteiger partial charge in [0, 0.05) is 5.02 Å². The molecule has 0 spiro atoms. The molecule has 0 heterocycles. The Balaban J connectivity index is 2.62. The quantitative estimate of drug-likeness (QED) is 0.647. The van der Waals surface area contributed by atoms with E-state index in [0.29, 0.717) is 12.5 Å². The fourth-order valence-corrected chi connectivity index (χ4v) is 2.39. The van der Waals surface area contributed by atoms with Crippen molar-refractivity contribution in [2.45, 2.75) is 52.2 Å². The smallest absolute Gasteiger partial charge is 0.137 e. The van der Waals surface area contributed by atoms with Crippen molar-refractivity contribution in [1.82, 2.24) is 0 Å². The Hall–Kier alpha value is -0.810. The van der Waals surface area contributed by atoms with Crippen LogP contribution in [0.3, 0.4) is 0 Å². The van der Waals surface area contributed by atoms with Crippen molar-refractivity contribution in [3.8, 4) is 5.75 Å². The van der Waals surface area contributed by atoms with E-state index in [2.05, 4.69) is 13.8 Å². The number of quaternary nitrogens is 1. The lowest BCUT2D eigenvalue weighted by Gasteiger charge is -2.18. The maximum atomic E-state index is 10.0. The van der Waals surface area contributed by atoms with Crippen LogP contribution in [0.4, 0.5) is 0 Å². The van der Waals surface area contributed by atoms with Gasteiger partial charge < -0.3 is 20.3 Å². The van der Waals surface area contributed by atoms with Gasteiger partial charge in [0.15, 0.2) is 0 Å². The van der Waals surface area contributed by atoms with E-state index in [1.54, 1.807) is 0 Å². The first-order chi connectivity index (χ1) is 10.4. The second-order valence-corrected chi connectivity index (χ2v) is 6.49. The van der Waals surface area contributed by atoms with E-state index in [9.17, 15) is 5.11 Å². The minimum atomic E-state index is -0.573. The summed E-state index contributed by atoms with van der Waals surface area (Å²) in [4.78, 5) is 0. The zero-order valence-corrected chi connectivity index (χ0v) is 14.7. The summed E-state index contributed by atoms with van der Waals surface area (Å²) >= 11 is 6.18. The maximum absolute atomic E-state index is 10.0. The fourth-order valence-electron chi connectivity index (χ4n) is 2.22.